The smallest absolute Gasteiger partial charge is 0.349 e. The first-order valence-electron chi connectivity index (χ1n) is 8.12. The number of thiophene rings is 1. The van der Waals surface area contributed by atoms with Crippen LogP contribution in [0.4, 0.5) is 10.1 Å². The average Bonchev–Trinajstić information content (AvgIpc) is 3.03. The number of anilines is 1. The molecule has 1 heterocycles. The third-order valence-corrected chi connectivity index (χ3v) is 5.83. The molecule has 0 saturated carbocycles. The largest absolute Gasteiger partial charge is 0.451 e. The normalized spacial score (nSPS) is 10.9. The van der Waals surface area contributed by atoms with Crippen molar-refractivity contribution in [3.05, 3.63) is 61.7 Å². The Labute approximate surface area is 184 Å². The zero-order chi connectivity index (χ0) is 21.1. The number of benzene rings is 2. The van der Waals surface area contributed by atoms with Gasteiger partial charge in [0, 0.05) is 27.8 Å². The Hall–Kier alpha value is -1.90. The van der Waals surface area contributed by atoms with Crippen molar-refractivity contribution in [2.24, 2.45) is 0 Å². The molecule has 0 aliphatic rings. The molecule has 0 unspecified atom stereocenters. The van der Waals surface area contributed by atoms with Gasteiger partial charge < -0.3 is 14.8 Å². The van der Waals surface area contributed by atoms with Crippen molar-refractivity contribution in [3.63, 3.8) is 0 Å². The van der Waals surface area contributed by atoms with Gasteiger partial charge in [0.05, 0.1) is 22.3 Å². The van der Waals surface area contributed by atoms with Gasteiger partial charge in [-0.25, -0.2) is 9.18 Å². The molecule has 5 nitrogen and oxygen atoms in total. The SMILES string of the molecule is COCc1c(C(=O)OCC(=O)Nc2c(Cl)cc(Cl)cc2Cl)sc2cccc(F)c12. The summed E-state index contributed by atoms with van der Waals surface area (Å²) in [5, 5.41) is 3.37. The van der Waals surface area contributed by atoms with E-state index in [1.807, 2.05) is 0 Å². The Bertz CT molecular complexity index is 1080. The van der Waals surface area contributed by atoms with Gasteiger partial charge in [-0.3, -0.25) is 4.79 Å². The van der Waals surface area contributed by atoms with Gasteiger partial charge in [-0.05, 0) is 24.3 Å². The molecule has 0 spiro atoms. The molecule has 3 aromatic rings. The maximum atomic E-state index is 14.2. The summed E-state index contributed by atoms with van der Waals surface area (Å²) in [6.45, 7) is -0.565. The molecule has 0 fully saturated rings. The number of ether oxygens (including phenoxy) is 2. The van der Waals surface area contributed by atoms with Crippen LogP contribution in [0.3, 0.4) is 0 Å². The first kappa shape index (κ1) is 21.8. The Morgan fingerprint density at radius 1 is 1.17 bits per heavy atom. The minimum atomic E-state index is -0.763. The van der Waals surface area contributed by atoms with Gasteiger partial charge >= 0.3 is 5.97 Å². The second-order valence-corrected chi connectivity index (χ2v) is 8.13. The highest BCUT2D eigenvalue weighted by Gasteiger charge is 2.23. The number of hydrogen-bond acceptors (Lipinski definition) is 5. The van der Waals surface area contributed by atoms with E-state index < -0.39 is 24.3 Å². The highest BCUT2D eigenvalue weighted by Crippen LogP contribution is 2.35. The number of hydrogen-bond donors (Lipinski definition) is 1. The van der Waals surface area contributed by atoms with Crippen LogP contribution in [0.25, 0.3) is 10.1 Å². The number of amides is 1. The van der Waals surface area contributed by atoms with Gasteiger partial charge in [0.1, 0.15) is 10.7 Å². The summed E-state index contributed by atoms with van der Waals surface area (Å²) in [6.07, 6.45) is 0. The molecule has 0 aliphatic heterocycles. The molecule has 1 amide bonds. The molecule has 0 aliphatic carbocycles. The second kappa shape index (κ2) is 9.28. The summed E-state index contributed by atoms with van der Waals surface area (Å²) in [5.74, 6) is -1.87. The van der Waals surface area contributed by atoms with Crippen LogP contribution in [-0.2, 0) is 20.9 Å². The maximum absolute atomic E-state index is 14.2. The molecule has 0 atom stereocenters. The number of fused-ring (bicyclic) bond motifs is 1. The van der Waals surface area contributed by atoms with Gasteiger partial charge in [0.2, 0.25) is 0 Å². The number of rotatable bonds is 6. The molecule has 0 saturated heterocycles. The van der Waals surface area contributed by atoms with Crippen molar-refractivity contribution < 1.29 is 23.5 Å². The van der Waals surface area contributed by atoms with E-state index in [0.717, 1.165) is 11.3 Å². The summed E-state index contributed by atoms with van der Waals surface area (Å²) in [7, 11) is 1.44. The molecule has 0 bridgehead atoms. The zero-order valence-electron chi connectivity index (χ0n) is 14.9. The van der Waals surface area contributed by atoms with Gasteiger partial charge in [0.15, 0.2) is 6.61 Å². The predicted molar refractivity (Wildman–Crippen MR) is 113 cm³/mol. The van der Waals surface area contributed by atoms with Crippen molar-refractivity contribution >= 4 is 73.8 Å². The van der Waals surface area contributed by atoms with Crippen LogP contribution in [0.5, 0.6) is 0 Å². The first-order chi connectivity index (χ1) is 13.8. The van der Waals surface area contributed by atoms with Gasteiger partial charge in [0.25, 0.3) is 5.91 Å². The highest BCUT2D eigenvalue weighted by atomic mass is 35.5. The minimum absolute atomic E-state index is 0.0214. The zero-order valence-corrected chi connectivity index (χ0v) is 17.9. The van der Waals surface area contributed by atoms with Crippen molar-refractivity contribution in [1.29, 1.82) is 0 Å². The van der Waals surface area contributed by atoms with Crippen molar-refractivity contribution in [1.82, 2.24) is 0 Å². The monoisotopic (exact) mass is 475 g/mol. The molecule has 3 rings (SSSR count). The Balaban J connectivity index is 1.75. The number of carbonyl (C=O) groups excluding carboxylic acids is 2. The minimum Gasteiger partial charge on any atom is -0.451 e. The molecule has 152 valence electrons. The van der Waals surface area contributed by atoms with Crippen LogP contribution in [0.15, 0.2) is 30.3 Å². The topological polar surface area (TPSA) is 64.6 Å². The molecule has 2 aromatic carbocycles. The number of halogens is 4. The van der Waals surface area contributed by atoms with Crippen LogP contribution in [0.1, 0.15) is 15.2 Å². The van der Waals surface area contributed by atoms with Gasteiger partial charge in [-0.1, -0.05) is 40.9 Å². The van der Waals surface area contributed by atoms with Crippen LogP contribution < -0.4 is 5.32 Å². The van der Waals surface area contributed by atoms with Crippen LogP contribution in [0, 0.1) is 5.82 Å². The average molecular weight is 477 g/mol. The third-order valence-electron chi connectivity index (χ3n) is 3.84. The Morgan fingerprint density at radius 2 is 1.86 bits per heavy atom. The second-order valence-electron chi connectivity index (χ2n) is 5.82. The highest BCUT2D eigenvalue weighted by molar-refractivity contribution is 7.21. The number of methoxy groups -OCH3 is 1. The molecule has 0 radical (unpaired) electrons. The summed E-state index contributed by atoms with van der Waals surface area (Å²) in [4.78, 5) is 24.8. The molecule has 10 heteroatoms. The lowest BCUT2D eigenvalue weighted by Gasteiger charge is -2.10. The number of esters is 1. The summed E-state index contributed by atoms with van der Waals surface area (Å²) in [5.41, 5.74) is 0.530. The van der Waals surface area contributed by atoms with E-state index in [4.69, 9.17) is 44.3 Å². The Morgan fingerprint density at radius 3 is 2.52 bits per heavy atom. The molecule has 1 N–H and O–H groups in total. The molecule has 1 aromatic heterocycles. The lowest BCUT2D eigenvalue weighted by Crippen LogP contribution is -2.21. The van der Waals surface area contributed by atoms with Gasteiger partial charge in [-0.15, -0.1) is 11.3 Å². The summed E-state index contributed by atoms with van der Waals surface area (Å²) < 4.78 is 25.0. The number of carbonyl (C=O) groups is 2. The van der Waals surface area contributed by atoms with Crippen molar-refractivity contribution in [3.8, 4) is 0 Å². The molecule has 29 heavy (non-hydrogen) atoms. The fourth-order valence-corrected chi connectivity index (χ4v) is 4.68. The summed E-state index contributed by atoms with van der Waals surface area (Å²) in [6, 6.07) is 7.37. The number of nitrogens with one attached hydrogen (secondary N) is 1. The lowest BCUT2D eigenvalue weighted by molar-refractivity contribution is -0.119. The van der Waals surface area contributed by atoms with E-state index >= 15 is 0 Å². The van der Waals surface area contributed by atoms with E-state index in [9.17, 15) is 14.0 Å². The third kappa shape index (κ3) is 4.82. The van der Waals surface area contributed by atoms with Gasteiger partial charge in [-0.2, -0.15) is 0 Å². The fraction of sp³-hybridized carbons (Fsp3) is 0.158. The van der Waals surface area contributed by atoms with Crippen LogP contribution >= 0.6 is 46.1 Å². The fourth-order valence-electron chi connectivity index (χ4n) is 2.65. The van der Waals surface area contributed by atoms with E-state index in [1.165, 1.54) is 25.3 Å². The molecular formula is C19H13Cl3FNO4S. The van der Waals surface area contributed by atoms with Crippen molar-refractivity contribution in [2.75, 3.05) is 19.0 Å². The maximum Gasteiger partial charge on any atom is 0.349 e. The molecular weight excluding hydrogens is 464 g/mol. The van der Waals surface area contributed by atoms with E-state index in [2.05, 4.69) is 5.32 Å². The summed E-state index contributed by atoms with van der Waals surface area (Å²) >= 11 is 18.9. The van der Waals surface area contributed by atoms with Crippen molar-refractivity contribution in [2.45, 2.75) is 6.61 Å². The lowest BCUT2D eigenvalue weighted by atomic mass is 10.1. The standard InChI is InChI=1S/C19H13Cl3FNO4S/c1-27-7-10-16-13(23)3-2-4-14(16)29-18(10)19(26)28-8-15(25)24-17-11(21)5-9(20)6-12(17)22/h2-6H,7-8H2,1H3,(H,24,25). The Kier molecular flexibility index (Phi) is 6.97. The van der Waals surface area contributed by atoms with Crippen LogP contribution in [0.2, 0.25) is 15.1 Å². The van der Waals surface area contributed by atoms with Crippen LogP contribution in [-0.4, -0.2) is 25.6 Å². The quantitative estimate of drug-likeness (QED) is 0.447. The van der Waals surface area contributed by atoms with E-state index in [1.54, 1.807) is 12.1 Å². The van der Waals surface area contributed by atoms with E-state index in [-0.39, 0.29) is 27.2 Å². The predicted octanol–water partition coefficient (Wildman–Crippen LogP) is 5.94. The van der Waals surface area contributed by atoms with E-state index in [0.29, 0.717) is 20.7 Å². The first-order valence-corrected chi connectivity index (χ1v) is 10.1.